The SMILES string of the molecule is CCCN1CCN(c2ccc(-c3nc(-c4ccc(C)cc4)no3)cn2)CC1. The van der Waals surface area contributed by atoms with E-state index in [9.17, 15) is 0 Å². The Balaban J connectivity index is 1.44. The average Bonchev–Trinajstić information content (AvgIpc) is 3.20. The highest BCUT2D eigenvalue weighted by Crippen LogP contribution is 2.23. The molecule has 3 heterocycles. The molecular weight excluding hydrogens is 338 g/mol. The molecule has 0 atom stereocenters. The van der Waals surface area contributed by atoms with Crippen LogP contribution in [0.5, 0.6) is 0 Å². The second kappa shape index (κ2) is 7.88. The topological polar surface area (TPSA) is 58.3 Å². The van der Waals surface area contributed by atoms with Crippen molar-refractivity contribution in [2.45, 2.75) is 20.3 Å². The number of nitrogens with zero attached hydrogens (tertiary/aromatic N) is 5. The van der Waals surface area contributed by atoms with E-state index in [0.717, 1.165) is 43.1 Å². The minimum atomic E-state index is 0.498. The highest BCUT2D eigenvalue weighted by atomic mass is 16.5. The predicted octanol–water partition coefficient (Wildman–Crippen LogP) is 3.64. The third-order valence-corrected chi connectivity index (χ3v) is 4.97. The van der Waals surface area contributed by atoms with Crippen LogP contribution in [0.2, 0.25) is 0 Å². The minimum absolute atomic E-state index is 0.498. The predicted molar refractivity (Wildman–Crippen MR) is 107 cm³/mol. The zero-order valence-electron chi connectivity index (χ0n) is 15.9. The molecule has 0 amide bonds. The number of aromatic nitrogens is 3. The summed E-state index contributed by atoms with van der Waals surface area (Å²) in [4.78, 5) is 14.0. The average molecular weight is 363 g/mol. The van der Waals surface area contributed by atoms with E-state index < -0.39 is 0 Å². The van der Waals surface area contributed by atoms with E-state index in [1.165, 1.54) is 18.5 Å². The van der Waals surface area contributed by atoms with E-state index in [2.05, 4.69) is 38.8 Å². The van der Waals surface area contributed by atoms with E-state index in [4.69, 9.17) is 4.52 Å². The van der Waals surface area contributed by atoms with Crippen molar-refractivity contribution in [3.05, 3.63) is 48.2 Å². The summed E-state index contributed by atoms with van der Waals surface area (Å²) in [7, 11) is 0. The van der Waals surface area contributed by atoms with Crippen molar-refractivity contribution in [3.8, 4) is 22.8 Å². The lowest BCUT2D eigenvalue weighted by atomic mass is 10.1. The van der Waals surface area contributed by atoms with Crippen molar-refractivity contribution in [2.24, 2.45) is 0 Å². The summed E-state index contributed by atoms with van der Waals surface area (Å²) in [5.41, 5.74) is 3.00. The smallest absolute Gasteiger partial charge is 0.259 e. The first-order valence-corrected chi connectivity index (χ1v) is 9.57. The second-order valence-electron chi connectivity index (χ2n) is 7.02. The molecule has 0 radical (unpaired) electrons. The Morgan fingerprint density at radius 2 is 1.70 bits per heavy atom. The van der Waals surface area contributed by atoms with Crippen LogP contribution < -0.4 is 4.90 Å². The van der Waals surface area contributed by atoms with Crippen LogP contribution >= 0.6 is 0 Å². The molecule has 6 nitrogen and oxygen atoms in total. The van der Waals surface area contributed by atoms with E-state index in [-0.39, 0.29) is 0 Å². The molecule has 1 aliphatic heterocycles. The van der Waals surface area contributed by atoms with E-state index in [0.29, 0.717) is 11.7 Å². The van der Waals surface area contributed by atoms with Crippen molar-refractivity contribution in [2.75, 3.05) is 37.6 Å². The van der Waals surface area contributed by atoms with Gasteiger partial charge < -0.3 is 9.42 Å². The van der Waals surface area contributed by atoms with Crippen LogP contribution in [-0.2, 0) is 0 Å². The Labute approximate surface area is 159 Å². The van der Waals surface area contributed by atoms with Crippen molar-refractivity contribution < 1.29 is 4.52 Å². The summed E-state index contributed by atoms with van der Waals surface area (Å²) >= 11 is 0. The Kier molecular flexibility index (Phi) is 5.16. The molecule has 0 aliphatic carbocycles. The van der Waals surface area contributed by atoms with Crippen LogP contribution in [0.15, 0.2) is 47.1 Å². The maximum absolute atomic E-state index is 5.44. The number of anilines is 1. The third kappa shape index (κ3) is 4.01. The zero-order valence-corrected chi connectivity index (χ0v) is 15.9. The summed E-state index contributed by atoms with van der Waals surface area (Å²) < 4.78 is 5.44. The van der Waals surface area contributed by atoms with E-state index in [1.54, 1.807) is 0 Å². The van der Waals surface area contributed by atoms with Gasteiger partial charge in [-0.05, 0) is 32.0 Å². The lowest BCUT2D eigenvalue weighted by Gasteiger charge is -2.35. The summed E-state index contributed by atoms with van der Waals surface area (Å²) in [6.45, 7) is 9.70. The van der Waals surface area contributed by atoms with Gasteiger partial charge >= 0.3 is 0 Å². The molecule has 0 N–H and O–H groups in total. The van der Waals surface area contributed by atoms with Gasteiger partial charge in [0, 0.05) is 37.9 Å². The van der Waals surface area contributed by atoms with Crippen LogP contribution in [-0.4, -0.2) is 52.7 Å². The molecule has 4 rings (SSSR count). The van der Waals surface area contributed by atoms with Crippen LogP contribution in [0.1, 0.15) is 18.9 Å². The number of hydrogen-bond acceptors (Lipinski definition) is 6. The van der Waals surface area contributed by atoms with Crippen LogP contribution in [0.3, 0.4) is 0 Å². The maximum atomic E-state index is 5.44. The quantitative estimate of drug-likeness (QED) is 0.690. The molecule has 1 aromatic carbocycles. The fourth-order valence-corrected chi connectivity index (χ4v) is 3.38. The van der Waals surface area contributed by atoms with Crippen molar-refractivity contribution >= 4 is 5.82 Å². The van der Waals surface area contributed by atoms with Gasteiger partial charge in [-0.15, -0.1) is 0 Å². The Bertz CT molecular complexity index is 864. The fraction of sp³-hybridized carbons (Fsp3) is 0.381. The molecule has 140 valence electrons. The van der Waals surface area contributed by atoms with Gasteiger partial charge in [0.05, 0.1) is 5.56 Å². The van der Waals surface area contributed by atoms with Gasteiger partial charge in [0.15, 0.2) is 0 Å². The van der Waals surface area contributed by atoms with Gasteiger partial charge in [-0.2, -0.15) is 4.98 Å². The molecule has 0 spiro atoms. The van der Waals surface area contributed by atoms with Gasteiger partial charge in [-0.1, -0.05) is 41.9 Å². The van der Waals surface area contributed by atoms with Crippen molar-refractivity contribution in [1.82, 2.24) is 20.0 Å². The van der Waals surface area contributed by atoms with Crippen molar-refractivity contribution in [1.29, 1.82) is 0 Å². The summed E-state index contributed by atoms with van der Waals surface area (Å²) in [5, 5.41) is 4.10. The first-order valence-electron chi connectivity index (χ1n) is 9.57. The minimum Gasteiger partial charge on any atom is -0.354 e. The first-order chi connectivity index (χ1) is 13.2. The molecule has 1 saturated heterocycles. The fourth-order valence-electron chi connectivity index (χ4n) is 3.38. The third-order valence-electron chi connectivity index (χ3n) is 4.97. The van der Waals surface area contributed by atoms with Crippen LogP contribution in [0.25, 0.3) is 22.8 Å². The number of hydrogen-bond donors (Lipinski definition) is 0. The largest absolute Gasteiger partial charge is 0.354 e. The molecule has 27 heavy (non-hydrogen) atoms. The molecule has 1 fully saturated rings. The van der Waals surface area contributed by atoms with Gasteiger partial charge in [0.1, 0.15) is 5.82 Å². The normalized spacial score (nSPS) is 15.3. The standard InChI is InChI=1S/C21H25N5O/c1-3-10-25-11-13-26(14-12-25)19-9-8-18(15-22-19)21-23-20(24-27-21)17-6-4-16(2)5-7-17/h4-9,15H,3,10-14H2,1-2H3. The van der Waals surface area contributed by atoms with E-state index >= 15 is 0 Å². The molecule has 0 unspecified atom stereocenters. The van der Waals surface area contributed by atoms with Crippen LogP contribution in [0.4, 0.5) is 5.82 Å². The molecule has 3 aromatic rings. The van der Waals surface area contributed by atoms with Crippen LogP contribution in [0, 0.1) is 6.92 Å². The number of rotatable bonds is 5. The second-order valence-corrected chi connectivity index (χ2v) is 7.02. The number of aryl methyl sites for hydroxylation is 1. The molecule has 1 aliphatic rings. The summed E-state index contributed by atoms with van der Waals surface area (Å²) in [5.74, 6) is 2.10. The Hall–Kier alpha value is -2.73. The highest BCUT2D eigenvalue weighted by molar-refractivity contribution is 5.60. The maximum Gasteiger partial charge on any atom is 0.259 e. The monoisotopic (exact) mass is 363 g/mol. The zero-order chi connectivity index (χ0) is 18.6. The molecule has 2 aromatic heterocycles. The first kappa shape index (κ1) is 17.7. The lowest BCUT2D eigenvalue weighted by molar-refractivity contribution is 0.258. The Morgan fingerprint density at radius 1 is 0.963 bits per heavy atom. The number of pyridine rings is 1. The van der Waals surface area contributed by atoms with Gasteiger partial charge in [0.25, 0.3) is 5.89 Å². The molecule has 0 saturated carbocycles. The number of piperazine rings is 1. The lowest BCUT2D eigenvalue weighted by Crippen LogP contribution is -2.46. The number of benzene rings is 1. The summed E-state index contributed by atoms with van der Waals surface area (Å²) in [6.07, 6.45) is 3.03. The summed E-state index contributed by atoms with van der Waals surface area (Å²) in [6, 6.07) is 12.1. The van der Waals surface area contributed by atoms with E-state index in [1.807, 2.05) is 42.6 Å². The molecule has 6 heteroatoms. The van der Waals surface area contributed by atoms with Gasteiger partial charge in [-0.3, -0.25) is 4.90 Å². The van der Waals surface area contributed by atoms with Gasteiger partial charge in [-0.25, -0.2) is 4.98 Å². The Morgan fingerprint density at radius 3 is 2.37 bits per heavy atom. The molecular formula is C21H25N5O. The highest BCUT2D eigenvalue weighted by Gasteiger charge is 2.18. The van der Waals surface area contributed by atoms with Gasteiger partial charge in [0.2, 0.25) is 5.82 Å². The molecule has 0 bridgehead atoms. The van der Waals surface area contributed by atoms with Crippen molar-refractivity contribution in [3.63, 3.8) is 0 Å².